The van der Waals surface area contributed by atoms with Crippen molar-refractivity contribution in [1.29, 1.82) is 0 Å². The summed E-state index contributed by atoms with van der Waals surface area (Å²) in [5, 5.41) is 11.6. The molecule has 0 saturated carbocycles. The Morgan fingerprint density at radius 3 is 3.00 bits per heavy atom. The normalized spacial score (nSPS) is 13.9. The van der Waals surface area contributed by atoms with Gasteiger partial charge in [-0.3, -0.25) is 14.5 Å². The van der Waals surface area contributed by atoms with Gasteiger partial charge in [-0.25, -0.2) is 0 Å². The molecule has 6 nitrogen and oxygen atoms in total. The Morgan fingerprint density at radius 2 is 2.33 bits per heavy atom. The van der Waals surface area contributed by atoms with Crippen LogP contribution in [-0.4, -0.2) is 37.1 Å². The number of carbonyl (C=O) groups is 2. The van der Waals surface area contributed by atoms with Crippen LogP contribution in [0.15, 0.2) is 18.2 Å². The molecule has 1 aromatic rings. The van der Waals surface area contributed by atoms with Gasteiger partial charge in [-0.1, -0.05) is 6.07 Å². The number of aliphatic hydroxyl groups is 1. The summed E-state index contributed by atoms with van der Waals surface area (Å²) in [7, 11) is 1.51. The van der Waals surface area contributed by atoms with E-state index in [2.05, 4.69) is 5.32 Å². The predicted octanol–water partition coefficient (Wildman–Crippen LogP) is -0.350. The van der Waals surface area contributed by atoms with Crippen molar-refractivity contribution >= 4 is 17.5 Å². The number of nitrogens with zero attached hydrogens (tertiary/aromatic N) is 1. The van der Waals surface area contributed by atoms with Crippen molar-refractivity contribution in [2.24, 2.45) is 0 Å². The van der Waals surface area contributed by atoms with Crippen molar-refractivity contribution in [3.8, 4) is 5.75 Å². The quantitative estimate of drug-likeness (QED) is 0.768. The molecule has 0 fully saturated rings. The Labute approximate surface area is 104 Å². The molecule has 1 aromatic carbocycles. The van der Waals surface area contributed by atoms with Gasteiger partial charge in [0, 0.05) is 7.05 Å². The van der Waals surface area contributed by atoms with Crippen molar-refractivity contribution in [3.05, 3.63) is 23.8 Å². The van der Waals surface area contributed by atoms with E-state index in [1.54, 1.807) is 18.2 Å². The topological polar surface area (TPSA) is 78.9 Å². The van der Waals surface area contributed by atoms with Crippen LogP contribution in [0.5, 0.6) is 5.75 Å². The number of hydrogen-bond acceptors (Lipinski definition) is 4. The van der Waals surface area contributed by atoms with Gasteiger partial charge in [0.2, 0.25) is 5.91 Å². The van der Waals surface area contributed by atoms with Crippen LogP contribution in [0, 0.1) is 0 Å². The second-order valence-electron chi connectivity index (χ2n) is 3.90. The van der Waals surface area contributed by atoms with E-state index in [0.29, 0.717) is 17.0 Å². The van der Waals surface area contributed by atoms with Crippen molar-refractivity contribution in [1.82, 2.24) is 5.32 Å². The van der Waals surface area contributed by atoms with Crippen LogP contribution in [0.4, 0.5) is 5.69 Å². The summed E-state index contributed by atoms with van der Waals surface area (Å²) in [6, 6.07) is 5.05. The van der Waals surface area contributed by atoms with Gasteiger partial charge in [-0.05, 0) is 17.7 Å². The lowest BCUT2D eigenvalue weighted by molar-refractivity contribution is -0.125. The molecule has 0 radical (unpaired) electrons. The van der Waals surface area contributed by atoms with E-state index >= 15 is 0 Å². The van der Waals surface area contributed by atoms with Crippen molar-refractivity contribution < 1.29 is 19.4 Å². The number of hydrogen-bond donors (Lipinski definition) is 2. The summed E-state index contributed by atoms with van der Waals surface area (Å²) in [6.07, 6.45) is 0. The molecule has 18 heavy (non-hydrogen) atoms. The Kier molecular flexibility index (Phi) is 3.47. The number of fused-ring (bicyclic) bond motifs is 1. The number of benzene rings is 1. The molecule has 2 amide bonds. The standard InChI is InChI=1S/C12H14N2O4/c1-13-11(16)5-14-9-4-8(6-15)2-3-10(9)18-7-12(14)17/h2-4,15H,5-7H2,1H3,(H,13,16). The molecule has 0 unspecified atom stereocenters. The number of ether oxygens (including phenoxy) is 1. The molecule has 0 bridgehead atoms. The zero-order chi connectivity index (χ0) is 13.1. The summed E-state index contributed by atoms with van der Waals surface area (Å²) in [4.78, 5) is 24.5. The summed E-state index contributed by atoms with van der Waals surface area (Å²) < 4.78 is 5.28. The maximum Gasteiger partial charge on any atom is 0.265 e. The van der Waals surface area contributed by atoms with Crippen LogP contribution < -0.4 is 15.0 Å². The molecular formula is C12H14N2O4. The highest BCUT2D eigenvalue weighted by Crippen LogP contribution is 2.32. The molecule has 0 saturated heterocycles. The monoisotopic (exact) mass is 250 g/mol. The number of rotatable bonds is 3. The highest BCUT2D eigenvalue weighted by molar-refractivity contribution is 6.02. The van der Waals surface area contributed by atoms with Gasteiger partial charge in [-0.2, -0.15) is 0 Å². The number of aliphatic hydroxyl groups excluding tert-OH is 1. The highest BCUT2D eigenvalue weighted by atomic mass is 16.5. The molecule has 96 valence electrons. The molecular weight excluding hydrogens is 236 g/mol. The van der Waals surface area contributed by atoms with E-state index in [-0.39, 0.29) is 31.6 Å². The third kappa shape index (κ3) is 2.28. The van der Waals surface area contributed by atoms with E-state index in [1.165, 1.54) is 11.9 Å². The average molecular weight is 250 g/mol. The van der Waals surface area contributed by atoms with E-state index in [1.807, 2.05) is 0 Å². The first-order chi connectivity index (χ1) is 8.65. The van der Waals surface area contributed by atoms with E-state index in [4.69, 9.17) is 9.84 Å². The first kappa shape index (κ1) is 12.4. The largest absolute Gasteiger partial charge is 0.482 e. The first-order valence-electron chi connectivity index (χ1n) is 5.53. The minimum atomic E-state index is -0.277. The SMILES string of the molecule is CNC(=O)CN1C(=O)COc2ccc(CO)cc21. The Morgan fingerprint density at radius 1 is 1.56 bits per heavy atom. The van der Waals surface area contributed by atoms with Gasteiger partial charge in [0.1, 0.15) is 12.3 Å². The van der Waals surface area contributed by atoms with E-state index < -0.39 is 0 Å². The fourth-order valence-corrected chi connectivity index (χ4v) is 1.74. The van der Waals surface area contributed by atoms with Gasteiger partial charge in [0.15, 0.2) is 6.61 Å². The molecule has 6 heteroatoms. The first-order valence-corrected chi connectivity index (χ1v) is 5.53. The second-order valence-corrected chi connectivity index (χ2v) is 3.90. The minimum Gasteiger partial charge on any atom is -0.482 e. The Balaban J connectivity index is 2.35. The van der Waals surface area contributed by atoms with Crippen LogP contribution in [0.1, 0.15) is 5.56 Å². The van der Waals surface area contributed by atoms with Crippen LogP contribution in [0.25, 0.3) is 0 Å². The third-order valence-corrected chi connectivity index (χ3v) is 2.73. The average Bonchev–Trinajstić information content (AvgIpc) is 2.41. The van der Waals surface area contributed by atoms with Gasteiger partial charge >= 0.3 is 0 Å². The fourth-order valence-electron chi connectivity index (χ4n) is 1.74. The molecule has 1 heterocycles. The lowest BCUT2D eigenvalue weighted by atomic mass is 10.1. The summed E-state index contributed by atoms with van der Waals surface area (Å²) in [5.74, 6) is 0.00231. The van der Waals surface area contributed by atoms with Crippen LogP contribution in [0.3, 0.4) is 0 Å². The van der Waals surface area contributed by atoms with E-state index in [0.717, 1.165) is 0 Å². The second kappa shape index (κ2) is 5.05. The van der Waals surface area contributed by atoms with Crippen molar-refractivity contribution in [3.63, 3.8) is 0 Å². The van der Waals surface area contributed by atoms with Gasteiger partial charge < -0.3 is 15.2 Å². The van der Waals surface area contributed by atoms with E-state index in [9.17, 15) is 9.59 Å². The highest BCUT2D eigenvalue weighted by Gasteiger charge is 2.27. The van der Waals surface area contributed by atoms with Crippen LogP contribution in [0.2, 0.25) is 0 Å². The summed E-state index contributed by atoms with van der Waals surface area (Å²) in [6.45, 7) is -0.266. The predicted molar refractivity (Wildman–Crippen MR) is 64.3 cm³/mol. The maximum atomic E-state index is 11.8. The summed E-state index contributed by atoms with van der Waals surface area (Å²) >= 11 is 0. The van der Waals surface area contributed by atoms with Crippen molar-refractivity contribution in [2.45, 2.75) is 6.61 Å². The Hall–Kier alpha value is -2.08. The van der Waals surface area contributed by atoms with Crippen molar-refractivity contribution in [2.75, 3.05) is 25.1 Å². The molecule has 0 aromatic heterocycles. The lowest BCUT2D eigenvalue weighted by Gasteiger charge is -2.29. The fraction of sp³-hybridized carbons (Fsp3) is 0.333. The van der Waals surface area contributed by atoms with Gasteiger partial charge in [0.25, 0.3) is 5.91 Å². The number of nitrogens with one attached hydrogen (secondary N) is 1. The zero-order valence-corrected chi connectivity index (χ0v) is 9.97. The Bertz CT molecular complexity index is 487. The maximum absolute atomic E-state index is 11.8. The van der Waals surface area contributed by atoms with Crippen LogP contribution in [-0.2, 0) is 16.2 Å². The number of likely N-dealkylation sites (N-methyl/N-ethyl adjacent to an activating group) is 1. The molecule has 0 spiro atoms. The number of carbonyl (C=O) groups excluding carboxylic acids is 2. The molecule has 1 aliphatic rings. The molecule has 0 aliphatic carbocycles. The van der Waals surface area contributed by atoms with Gasteiger partial charge in [-0.15, -0.1) is 0 Å². The minimum absolute atomic E-state index is 0.0550. The molecule has 1 aliphatic heterocycles. The lowest BCUT2D eigenvalue weighted by Crippen LogP contribution is -2.44. The third-order valence-electron chi connectivity index (χ3n) is 2.73. The number of anilines is 1. The summed E-state index contributed by atoms with van der Waals surface area (Å²) in [5.41, 5.74) is 1.18. The number of amides is 2. The molecule has 2 N–H and O–H groups in total. The molecule has 2 rings (SSSR count). The van der Waals surface area contributed by atoms with Crippen LogP contribution >= 0.6 is 0 Å². The smallest absolute Gasteiger partial charge is 0.265 e. The van der Waals surface area contributed by atoms with Gasteiger partial charge in [0.05, 0.1) is 12.3 Å². The zero-order valence-electron chi connectivity index (χ0n) is 9.97. The molecule has 0 atom stereocenters.